The minimum Gasteiger partial charge on any atom is -0.376 e. The van der Waals surface area contributed by atoms with Crippen LogP contribution in [0.5, 0.6) is 0 Å². The van der Waals surface area contributed by atoms with E-state index in [0.29, 0.717) is 0 Å². The summed E-state index contributed by atoms with van der Waals surface area (Å²) in [6.45, 7) is 24.4. The van der Waals surface area contributed by atoms with Crippen LogP contribution in [0.25, 0.3) is 11.1 Å². The van der Waals surface area contributed by atoms with E-state index in [1.807, 2.05) is 0 Å². The van der Waals surface area contributed by atoms with E-state index in [1.165, 1.54) is 83.7 Å². The van der Waals surface area contributed by atoms with E-state index >= 15 is 0 Å². The number of allylic oxidation sites excluding steroid dienone is 8. The molecule has 2 N–H and O–H groups in total. The van der Waals surface area contributed by atoms with E-state index in [-0.39, 0.29) is 11.1 Å². The first-order chi connectivity index (χ1) is 23.2. The van der Waals surface area contributed by atoms with Crippen molar-refractivity contribution in [2.24, 2.45) is 0 Å². The Balaban J connectivity index is 0.000000191. The van der Waals surface area contributed by atoms with Crippen molar-refractivity contribution >= 4 is 22.5 Å². The molecule has 0 amide bonds. The normalized spacial score (nSPS) is 14.1. The quantitative estimate of drug-likeness (QED) is 0.199. The van der Waals surface area contributed by atoms with E-state index in [1.54, 1.807) is 0 Å². The highest BCUT2D eigenvalue weighted by molar-refractivity contribution is 5.78. The molecule has 0 fully saturated rings. The van der Waals surface area contributed by atoms with Crippen molar-refractivity contribution in [3.63, 3.8) is 0 Å². The van der Waals surface area contributed by atoms with Crippen molar-refractivity contribution < 1.29 is 0 Å². The third-order valence-corrected chi connectivity index (χ3v) is 10.0. The monoisotopic (exact) mass is 648 g/mol. The molecule has 4 aromatic rings. The first-order valence-corrected chi connectivity index (χ1v) is 17.8. The Bertz CT molecular complexity index is 1930. The lowest BCUT2D eigenvalue weighted by molar-refractivity contribution is 0.606. The fourth-order valence-corrected chi connectivity index (χ4v) is 7.70. The van der Waals surface area contributed by atoms with E-state index in [4.69, 9.17) is 0 Å². The van der Waals surface area contributed by atoms with Gasteiger partial charge in [0.15, 0.2) is 0 Å². The fourth-order valence-electron chi connectivity index (χ4n) is 7.70. The van der Waals surface area contributed by atoms with Gasteiger partial charge in [0.25, 0.3) is 0 Å². The summed E-state index contributed by atoms with van der Waals surface area (Å²) < 4.78 is 0. The Morgan fingerprint density at radius 3 is 1.41 bits per heavy atom. The molecule has 4 aromatic carbocycles. The van der Waals surface area contributed by atoms with Crippen LogP contribution in [0.4, 0.5) is 11.4 Å². The first kappa shape index (κ1) is 35.7. The second kappa shape index (κ2) is 14.5. The summed E-state index contributed by atoms with van der Waals surface area (Å²) in [6, 6.07) is 26.6. The zero-order valence-corrected chi connectivity index (χ0v) is 31.7. The maximum atomic E-state index is 3.83. The molecule has 0 saturated carbocycles. The summed E-state index contributed by atoms with van der Waals surface area (Å²) >= 11 is 0. The van der Waals surface area contributed by atoms with Gasteiger partial charge in [0.05, 0.1) is 11.1 Å². The van der Waals surface area contributed by atoms with Crippen LogP contribution in [-0.4, -0.2) is 0 Å². The lowest BCUT2D eigenvalue weighted by atomic mass is 9.85. The first-order valence-electron chi connectivity index (χ1n) is 17.8. The molecule has 2 nitrogen and oxygen atoms in total. The minimum atomic E-state index is -0.156. The summed E-state index contributed by atoms with van der Waals surface area (Å²) in [4.78, 5) is 0. The zero-order chi connectivity index (χ0) is 35.5. The second-order valence-corrected chi connectivity index (χ2v) is 15.2. The number of hydrogen-bond donors (Lipinski definition) is 2. The van der Waals surface area contributed by atoms with Gasteiger partial charge in [0.2, 0.25) is 0 Å². The van der Waals surface area contributed by atoms with Gasteiger partial charge in [-0.3, -0.25) is 0 Å². The number of nitrogens with one attached hydrogen (secondary N) is 2. The Morgan fingerprint density at radius 1 is 0.531 bits per heavy atom. The molecule has 0 unspecified atom stereocenters. The van der Waals surface area contributed by atoms with Crippen LogP contribution in [-0.2, 0) is 11.1 Å². The maximum absolute atomic E-state index is 3.83. The van der Waals surface area contributed by atoms with Gasteiger partial charge in [0.1, 0.15) is 0 Å². The molecular weight excluding hydrogens is 593 g/mol. The topological polar surface area (TPSA) is 24.1 Å². The van der Waals surface area contributed by atoms with Crippen LogP contribution >= 0.6 is 0 Å². The Hall–Kier alpha value is -4.56. The van der Waals surface area contributed by atoms with Crippen LogP contribution in [0.2, 0.25) is 0 Å². The Labute approximate surface area is 296 Å². The van der Waals surface area contributed by atoms with Crippen LogP contribution in [0, 0.1) is 41.5 Å². The number of aryl methyl sites for hydroxylation is 6. The predicted octanol–water partition coefficient (Wildman–Crippen LogP) is 13.0. The SMILES string of the molecule is CC1=C(c2ccccc2C(C)(C)Nc2c(C)cc(C)cc2C)CC=C1.Cc1cc(C)c(NC(C)(C)c2ccccc2C2=CC=CC2)c(C)c1. The van der Waals surface area contributed by atoms with E-state index < -0.39 is 0 Å². The molecule has 0 radical (unpaired) electrons. The smallest absolute Gasteiger partial charge is 0.0575 e. The van der Waals surface area contributed by atoms with E-state index in [2.05, 4.69) is 190 Å². The molecule has 0 saturated heterocycles. The van der Waals surface area contributed by atoms with Gasteiger partial charge < -0.3 is 10.6 Å². The summed E-state index contributed by atoms with van der Waals surface area (Å²) in [7, 11) is 0. The van der Waals surface area contributed by atoms with E-state index in [9.17, 15) is 0 Å². The number of anilines is 2. The molecule has 6 rings (SSSR count). The average molecular weight is 649 g/mol. The molecule has 0 spiro atoms. The summed E-state index contributed by atoms with van der Waals surface area (Å²) in [5, 5.41) is 7.65. The molecule has 2 aliphatic carbocycles. The highest BCUT2D eigenvalue weighted by Gasteiger charge is 2.27. The third kappa shape index (κ3) is 8.02. The minimum absolute atomic E-state index is 0.148. The lowest BCUT2D eigenvalue weighted by Crippen LogP contribution is -2.30. The molecule has 0 bridgehead atoms. The Morgan fingerprint density at radius 2 is 0.980 bits per heavy atom. The largest absolute Gasteiger partial charge is 0.376 e. The van der Waals surface area contributed by atoms with Crippen LogP contribution in [0.1, 0.15) is 103 Å². The summed E-state index contributed by atoms with van der Waals surface area (Å²) in [5.41, 5.74) is 19.7. The van der Waals surface area contributed by atoms with Crippen LogP contribution in [0.15, 0.2) is 109 Å². The van der Waals surface area contributed by atoms with Crippen molar-refractivity contribution in [2.75, 3.05) is 10.6 Å². The van der Waals surface area contributed by atoms with Crippen LogP contribution in [0.3, 0.4) is 0 Å². The van der Waals surface area contributed by atoms with Gasteiger partial charge in [-0.1, -0.05) is 114 Å². The van der Waals surface area contributed by atoms with E-state index in [0.717, 1.165) is 12.8 Å². The standard InChI is InChI=1S/C24H29N.C23H27N/c1-16-14-18(3)23(19(4)15-16)25-24(5,6)22-13-8-7-11-21(22)20-12-9-10-17(20)2;1-16-14-17(2)22(18(3)15-16)24-23(4,5)21-13-9-8-12-20(21)19-10-6-7-11-19/h7-11,13-15,25H,12H2,1-6H3;6-10,12-15,24H,11H2,1-5H3. The molecule has 0 aromatic heterocycles. The van der Waals surface area contributed by atoms with Gasteiger partial charge >= 0.3 is 0 Å². The van der Waals surface area contributed by atoms with Gasteiger partial charge in [-0.15, -0.1) is 0 Å². The van der Waals surface area contributed by atoms with Crippen molar-refractivity contribution in [1.82, 2.24) is 0 Å². The summed E-state index contributed by atoms with van der Waals surface area (Å²) in [6.07, 6.45) is 13.2. The molecule has 0 aliphatic heterocycles. The van der Waals surface area contributed by atoms with Gasteiger partial charge in [0, 0.05) is 11.4 Å². The third-order valence-electron chi connectivity index (χ3n) is 10.0. The van der Waals surface area contributed by atoms with Gasteiger partial charge in [-0.2, -0.15) is 0 Å². The molecule has 49 heavy (non-hydrogen) atoms. The fraction of sp³-hybridized carbons (Fsp3) is 0.319. The predicted molar refractivity (Wildman–Crippen MR) is 216 cm³/mol. The second-order valence-electron chi connectivity index (χ2n) is 15.2. The van der Waals surface area contributed by atoms with Crippen molar-refractivity contribution in [3.05, 3.63) is 164 Å². The highest BCUT2D eigenvalue weighted by atomic mass is 15.0. The van der Waals surface area contributed by atoms with Crippen molar-refractivity contribution in [3.8, 4) is 0 Å². The number of benzene rings is 4. The molecule has 0 atom stereocenters. The molecule has 254 valence electrons. The van der Waals surface area contributed by atoms with Crippen LogP contribution < -0.4 is 10.6 Å². The summed E-state index contributed by atoms with van der Waals surface area (Å²) in [5.74, 6) is 0. The zero-order valence-electron chi connectivity index (χ0n) is 31.7. The number of hydrogen-bond acceptors (Lipinski definition) is 2. The highest BCUT2D eigenvalue weighted by Crippen LogP contribution is 2.39. The average Bonchev–Trinajstić information content (AvgIpc) is 3.74. The van der Waals surface area contributed by atoms with Crippen molar-refractivity contribution in [1.29, 1.82) is 0 Å². The lowest BCUT2D eigenvalue weighted by Gasteiger charge is -2.32. The molecule has 2 aliphatic rings. The van der Waals surface area contributed by atoms with Crippen molar-refractivity contribution in [2.45, 2.75) is 100 Å². The Kier molecular flexibility index (Phi) is 10.6. The molecule has 2 heteroatoms. The molecular formula is C47H56N2. The number of rotatable bonds is 8. The van der Waals surface area contributed by atoms with Gasteiger partial charge in [-0.05, 0) is 150 Å². The molecule has 0 heterocycles. The van der Waals surface area contributed by atoms with Gasteiger partial charge in [-0.25, -0.2) is 0 Å². The maximum Gasteiger partial charge on any atom is 0.0575 e.